The summed E-state index contributed by atoms with van der Waals surface area (Å²) in [5.41, 5.74) is 0.00505. The number of hydrogen-bond acceptors (Lipinski definition) is 2. The van der Waals surface area contributed by atoms with Crippen LogP contribution in [0.2, 0.25) is 0 Å². The summed E-state index contributed by atoms with van der Waals surface area (Å²) in [4.78, 5) is 11.9. The molecule has 1 aliphatic heterocycles. The Morgan fingerprint density at radius 1 is 1.23 bits per heavy atom. The fraction of sp³-hybridized carbons (Fsp3) is 0.909. The second-order valence-corrected chi connectivity index (χ2v) is 4.77. The van der Waals surface area contributed by atoms with Crippen molar-refractivity contribution in [2.24, 2.45) is 11.3 Å². The molecule has 0 amide bonds. The highest BCUT2D eigenvalue weighted by atomic mass is 16.5. The number of fused-ring (bicyclic) bond motifs is 2. The van der Waals surface area contributed by atoms with Gasteiger partial charge < -0.3 is 4.74 Å². The maximum Gasteiger partial charge on any atom is 0.147 e. The minimum Gasteiger partial charge on any atom is -0.376 e. The number of rotatable bonds is 0. The van der Waals surface area contributed by atoms with Crippen molar-refractivity contribution in [1.29, 1.82) is 0 Å². The number of ether oxygens (including phenoxy) is 1. The highest BCUT2D eigenvalue weighted by Crippen LogP contribution is 2.57. The van der Waals surface area contributed by atoms with Crippen molar-refractivity contribution >= 4 is 5.78 Å². The summed E-state index contributed by atoms with van der Waals surface area (Å²) in [5.74, 6) is 0.821. The third-order valence-electron chi connectivity index (χ3n) is 4.19. The highest BCUT2D eigenvalue weighted by molar-refractivity contribution is 5.95. The van der Waals surface area contributed by atoms with Gasteiger partial charge in [0.25, 0.3) is 0 Å². The predicted octanol–water partition coefficient (Wildman–Crippen LogP) is 1.92. The highest BCUT2D eigenvalue weighted by Gasteiger charge is 2.63. The number of carbonyl (C=O) groups is 1. The standard InChI is InChI=1S/C11H16O2/c12-9-8-4-3-7-13-10(8)11(9)5-1-2-6-11/h8,10H,1-7H2/t8-,10+/m1/s1. The fourth-order valence-electron chi connectivity index (χ4n) is 3.54. The molecule has 3 fully saturated rings. The Morgan fingerprint density at radius 3 is 2.77 bits per heavy atom. The Bertz CT molecular complexity index is 240. The molecule has 0 aromatic carbocycles. The Labute approximate surface area is 78.6 Å². The molecular formula is C11H16O2. The van der Waals surface area contributed by atoms with E-state index in [4.69, 9.17) is 4.74 Å². The molecule has 2 aliphatic carbocycles. The van der Waals surface area contributed by atoms with Gasteiger partial charge in [0, 0.05) is 12.5 Å². The zero-order valence-corrected chi connectivity index (χ0v) is 7.92. The number of carbonyl (C=O) groups excluding carboxylic acids is 1. The van der Waals surface area contributed by atoms with E-state index >= 15 is 0 Å². The van der Waals surface area contributed by atoms with E-state index < -0.39 is 0 Å². The maximum atomic E-state index is 11.9. The molecular weight excluding hydrogens is 164 g/mol. The molecule has 72 valence electrons. The first kappa shape index (κ1) is 7.98. The second kappa shape index (κ2) is 2.57. The molecule has 0 aromatic rings. The number of Topliss-reactive ketones (excluding diaryl/α,β-unsaturated/α-hetero) is 1. The van der Waals surface area contributed by atoms with E-state index in [2.05, 4.69) is 0 Å². The zero-order valence-electron chi connectivity index (χ0n) is 7.92. The summed E-state index contributed by atoms with van der Waals surface area (Å²) >= 11 is 0. The molecule has 3 rings (SSSR count). The van der Waals surface area contributed by atoms with Crippen molar-refractivity contribution < 1.29 is 9.53 Å². The molecule has 13 heavy (non-hydrogen) atoms. The third-order valence-corrected chi connectivity index (χ3v) is 4.19. The van der Waals surface area contributed by atoms with Crippen molar-refractivity contribution in [3.63, 3.8) is 0 Å². The van der Waals surface area contributed by atoms with Gasteiger partial charge in [0.05, 0.1) is 11.5 Å². The molecule has 0 bridgehead atoms. The summed E-state index contributed by atoms with van der Waals surface area (Å²) < 4.78 is 5.76. The van der Waals surface area contributed by atoms with Gasteiger partial charge in [0.2, 0.25) is 0 Å². The van der Waals surface area contributed by atoms with Gasteiger partial charge in [-0.15, -0.1) is 0 Å². The normalized spacial score (nSPS) is 41.7. The summed E-state index contributed by atoms with van der Waals surface area (Å²) in [6.45, 7) is 0.885. The lowest BCUT2D eigenvalue weighted by atomic mass is 9.55. The maximum absolute atomic E-state index is 11.9. The van der Waals surface area contributed by atoms with Crippen LogP contribution in [-0.4, -0.2) is 18.5 Å². The molecule has 0 unspecified atom stereocenters. The van der Waals surface area contributed by atoms with E-state index in [0.717, 1.165) is 32.3 Å². The van der Waals surface area contributed by atoms with Crippen LogP contribution in [0.4, 0.5) is 0 Å². The van der Waals surface area contributed by atoms with Crippen molar-refractivity contribution in [1.82, 2.24) is 0 Å². The number of ketones is 1. The van der Waals surface area contributed by atoms with E-state index in [1.165, 1.54) is 12.8 Å². The van der Waals surface area contributed by atoms with Crippen LogP contribution in [0.25, 0.3) is 0 Å². The molecule has 2 atom stereocenters. The van der Waals surface area contributed by atoms with Crippen LogP contribution in [0.1, 0.15) is 38.5 Å². The molecule has 0 N–H and O–H groups in total. The van der Waals surface area contributed by atoms with Crippen LogP contribution >= 0.6 is 0 Å². The van der Waals surface area contributed by atoms with E-state index in [0.29, 0.717) is 11.9 Å². The van der Waals surface area contributed by atoms with Crippen LogP contribution < -0.4 is 0 Å². The van der Waals surface area contributed by atoms with Crippen LogP contribution in [0.3, 0.4) is 0 Å². The Hall–Kier alpha value is -0.370. The van der Waals surface area contributed by atoms with Gasteiger partial charge in [-0.25, -0.2) is 0 Å². The average molecular weight is 180 g/mol. The quantitative estimate of drug-likeness (QED) is 0.569. The van der Waals surface area contributed by atoms with Gasteiger partial charge >= 0.3 is 0 Å². The Balaban J connectivity index is 1.86. The molecule has 1 saturated heterocycles. The van der Waals surface area contributed by atoms with E-state index in [1.807, 2.05) is 0 Å². The SMILES string of the molecule is O=C1[C@H]2CCCO[C@@H]2C12CCCC2. The van der Waals surface area contributed by atoms with Gasteiger partial charge in [-0.3, -0.25) is 4.79 Å². The number of hydrogen-bond donors (Lipinski definition) is 0. The minimum absolute atomic E-state index is 0.00505. The Morgan fingerprint density at radius 2 is 2.00 bits per heavy atom. The van der Waals surface area contributed by atoms with Crippen molar-refractivity contribution in [2.45, 2.75) is 44.6 Å². The van der Waals surface area contributed by atoms with Crippen molar-refractivity contribution in [3.05, 3.63) is 0 Å². The monoisotopic (exact) mass is 180 g/mol. The van der Waals surface area contributed by atoms with Crippen LogP contribution in [0, 0.1) is 11.3 Å². The summed E-state index contributed by atoms with van der Waals surface area (Å²) in [7, 11) is 0. The zero-order chi connectivity index (χ0) is 8.89. The molecule has 0 aromatic heterocycles. The van der Waals surface area contributed by atoms with E-state index in [9.17, 15) is 4.79 Å². The van der Waals surface area contributed by atoms with E-state index in [1.54, 1.807) is 0 Å². The molecule has 3 aliphatic rings. The van der Waals surface area contributed by atoms with Gasteiger partial charge in [-0.05, 0) is 25.7 Å². The second-order valence-electron chi connectivity index (χ2n) is 4.77. The molecule has 2 heteroatoms. The lowest BCUT2D eigenvalue weighted by Crippen LogP contribution is -2.63. The fourth-order valence-corrected chi connectivity index (χ4v) is 3.54. The first-order valence-corrected chi connectivity index (χ1v) is 5.50. The molecule has 2 saturated carbocycles. The molecule has 1 spiro atoms. The van der Waals surface area contributed by atoms with Crippen LogP contribution in [0.15, 0.2) is 0 Å². The van der Waals surface area contributed by atoms with Crippen LogP contribution in [0.5, 0.6) is 0 Å². The van der Waals surface area contributed by atoms with Crippen LogP contribution in [-0.2, 0) is 9.53 Å². The molecule has 0 radical (unpaired) electrons. The Kier molecular flexibility index (Phi) is 1.58. The van der Waals surface area contributed by atoms with Crippen molar-refractivity contribution in [2.75, 3.05) is 6.61 Å². The average Bonchev–Trinajstić information content (AvgIpc) is 2.68. The summed E-state index contributed by atoms with van der Waals surface area (Å²) in [6, 6.07) is 0. The third kappa shape index (κ3) is 0.850. The largest absolute Gasteiger partial charge is 0.376 e. The van der Waals surface area contributed by atoms with Gasteiger partial charge in [0.1, 0.15) is 5.78 Å². The van der Waals surface area contributed by atoms with Gasteiger partial charge in [-0.2, -0.15) is 0 Å². The first-order chi connectivity index (χ1) is 6.34. The topological polar surface area (TPSA) is 26.3 Å². The minimum atomic E-state index is 0.00505. The van der Waals surface area contributed by atoms with Gasteiger partial charge in [-0.1, -0.05) is 12.8 Å². The smallest absolute Gasteiger partial charge is 0.147 e. The molecule has 1 heterocycles. The summed E-state index contributed by atoms with van der Waals surface area (Å²) in [5, 5.41) is 0. The molecule has 2 nitrogen and oxygen atoms in total. The predicted molar refractivity (Wildman–Crippen MR) is 48.4 cm³/mol. The lowest BCUT2D eigenvalue weighted by Gasteiger charge is -2.53. The first-order valence-electron chi connectivity index (χ1n) is 5.50. The van der Waals surface area contributed by atoms with Crippen molar-refractivity contribution in [3.8, 4) is 0 Å². The van der Waals surface area contributed by atoms with E-state index in [-0.39, 0.29) is 11.3 Å². The lowest BCUT2D eigenvalue weighted by molar-refractivity contribution is -0.190. The summed E-state index contributed by atoms with van der Waals surface area (Å²) in [6.07, 6.45) is 7.17. The van der Waals surface area contributed by atoms with Gasteiger partial charge in [0.15, 0.2) is 0 Å².